The van der Waals surface area contributed by atoms with E-state index in [1.807, 2.05) is 21.1 Å². The lowest BCUT2D eigenvalue weighted by atomic mass is 10.3. The minimum atomic E-state index is -1.49. The van der Waals surface area contributed by atoms with Crippen molar-refractivity contribution in [1.29, 1.82) is 0 Å². The Balaban J connectivity index is 3.82. The maximum atomic E-state index is 11.3. The highest BCUT2D eigenvalue weighted by molar-refractivity contribution is 5.79. The van der Waals surface area contributed by atoms with Gasteiger partial charge in [0.2, 0.25) is 0 Å². The van der Waals surface area contributed by atoms with E-state index < -0.39 is 30.6 Å². The van der Waals surface area contributed by atoms with E-state index >= 15 is 0 Å². The van der Waals surface area contributed by atoms with Crippen LogP contribution in [0.5, 0.6) is 0 Å². The Morgan fingerprint density at radius 2 is 1.71 bits per heavy atom. The zero-order valence-electron chi connectivity index (χ0n) is 12.9. The van der Waals surface area contributed by atoms with Crippen molar-refractivity contribution >= 4 is 17.9 Å². The van der Waals surface area contributed by atoms with Crippen LogP contribution in [0.3, 0.4) is 0 Å². The van der Waals surface area contributed by atoms with Crippen LogP contribution in [0, 0.1) is 0 Å². The van der Waals surface area contributed by atoms with Crippen LogP contribution in [0.4, 0.5) is 0 Å². The number of carboxylic acids is 1. The minimum absolute atomic E-state index is 0.0795. The standard InChI is InChI=1S/C13H23NO7/c1-5-10(13(17)18)21-12(16)9-20-11(15)8-19-7-6-14(2,3)4/h10H,5-9H2,1-4H3. The van der Waals surface area contributed by atoms with Gasteiger partial charge in [0.15, 0.2) is 6.61 Å². The van der Waals surface area contributed by atoms with Crippen LogP contribution >= 0.6 is 0 Å². The van der Waals surface area contributed by atoms with Crippen molar-refractivity contribution in [3.63, 3.8) is 0 Å². The normalized spacial score (nSPS) is 12.6. The summed E-state index contributed by atoms with van der Waals surface area (Å²) in [7, 11) is 5.96. The van der Waals surface area contributed by atoms with Gasteiger partial charge in [-0.1, -0.05) is 6.92 Å². The number of rotatable bonds is 10. The molecule has 0 saturated carbocycles. The summed E-state index contributed by atoms with van der Waals surface area (Å²) < 4.78 is 15.0. The molecule has 0 fully saturated rings. The summed E-state index contributed by atoms with van der Waals surface area (Å²) in [6.07, 6.45) is -1.26. The molecular weight excluding hydrogens is 282 g/mol. The fraction of sp³-hybridized carbons (Fsp3) is 0.769. The summed E-state index contributed by atoms with van der Waals surface area (Å²) in [4.78, 5) is 33.1. The van der Waals surface area contributed by atoms with Gasteiger partial charge < -0.3 is 28.6 Å². The molecule has 8 nitrogen and oxygen atoms in total. The second kappa shape index (κ2) is 9.30. The van der Waals surface area contributed by atoms with E-state index in [2.05, 4.69) is 9.47 Å². The van der Waals surface area contributed by atoms with Gasteiger partial charge in [0.05, 0.1) is 33.7 Å². The number of nitrogens with zero attached hydrogens (tertiary/aromatic N) is 1. The average Bonchev–Trinajstić information content (AvgIpc) is 2.37. The number of carbonyl (C=O) groups is 3. The highest BCUT2D eigenvalue weighted by atomic mass is 16.6. The Bertz CT molecular complexity index is 362. The first-order chi connectivity index (χ1) is 9.65. The molecule has 0 aliphatic heterocycles. The monoisotopic (exact) mass is 305 g/mol. The van der Waals surface area contributed by atoms with Crippen LogP contribution in [0.1, 0.15) is 13.3 Å². The van der Waals surface area contributed by atoms with Crippen LogP contribution in [0.25, 0.3) is 0 Å². The topological polar surface area (TPSA) is 102 Å². The van der Waals surface area contributed by atoms with Crippen molar-refractivity contribution in [3.8, 4) is 0 Å². The number of hydrogen-bond acceptors (Lipinski definition) is 7. The molecule has 0 aromatic rings. The Labute approximate surface area is 124 Å². The molecule has 8 heteroatoms. The number of esters is 2. The Hall–Kier alpha value is -1.67. The van der Waals surface area contributed by atoms with Crippen LogP contribution < -0.4 is 5.11 Å². The number of aliphatic carboxylic acids is 1. The van der Waals surface area contributed by atoms with Crippen LogP contribution in [-0.2, 0) is 28.6 Å². The molecule has 0 aromatic heterocycles. The fourth-order valence-electron chi connectivity index (χ4n) is 1.17. The number of carboxylic acid groups (broad SMARTS) is 1. The zero-order chi connectivity index (χ0) is 16.5. The zero-order valence-corrected chi connectivity index (χ0v) is 12.9. The van der Waals surface area contributed by atoms with E-state index in [9.17, 15) is 19.5 Å². The highest BCUT2D eigenvalue weighted by Gasteiger charge is 2.15. The SMILES string of the molecule is CCC(OC(=O)COC(=O)COCC[N+](C)(C)C)C(=O)[O-]. The van der Waals surface area contributed by atoms with E-state index in [0.29, 0.717) is 11.1 Å². The Kier molecular flexibility index (Phi) is 8.56. The molecule has 0 saturated heterocycles. The van der Waals surface area contributed by atoms with E-state index in [1.165, 1.54) is 6.92 Å². The van der Waals surface area contributed by atoms with Crippen LogP contribution in [-0.4, -0.2) is 76.0 Å². The molecule has 1 unspecified atom stereocenters. The summed E-state index contributed by atoms with van der Waals surface area (Å²) in [6.45, 7) is 1.71. The summed E-state index contributed by atoms with van der Waals surface area (Å²) in [6, 6.07) is 0. The molecule has 0 amide bonds. The molecule has 1 atom stereocenters. The number of carbonyl (C=O) groups excluding carboxylic acids is 3. The highest BCUT2D eigenvalue weighted by Crippen LogP contribution is 1.98. The summed E-state index contributed by atoms with van der Waals surface area (Å²) in [5.74, 6) is -3.14. The summed E-state index contributed by atoms with van der Waals surface area (Å²) in [5.41, 5.74) is 0. The van der Waals surface area contributed by atoms with Gasteiger partial charge in [-0.05, 0) is 6.42 Å². The largest absolute Gasteiger partial charge is 0.546 e. The molecular formula is C13H23NO7. The quantitative estimate of drug-likeness (QED) is 0.270. The van der Waals surface area contributed by atoms with Crippen LogP contribution in [0.15, 0.2) is 0 Å². The molecule has 122 valence electrons. The average molecular weight is 305 g/mol. The minimum Gasteiger partial charge on any atom is -0.546 e. The van der Waals surface area contributed by atoms with E-state index in [4.69, 9.17) is 4.74 Å². The molecule has 0 N–H and O–H groups in total. The molecule has 0 spiro atoms. The second-order valence-corrected chi connectivity index (χ2v) is 5.43. The van der Waals surface area contributed by atoms with Gasteiger partial charge in [-0.3, -0.25) is 0 Å². The Morgan fingerprint density at radius 3 is 2.19 bits per heavy atom. The fourth-order valence-corrected chi connectivity index (χ4v) is 1.17. The molecule has 0 bridgehead atoms. The lowest BCUT2D eigenvalue weighted by Crippen LogP contribution is -2.39. The van der Waals surface area contributed by atoms with Gasteiger partial charge in [0, 0.05) is 0 Å². The predicted octanol–water partition coefficient (Wildman–Crippen LogP) is -1.68. The third kappa shape index (κ3) is 10.7. The van der Waals surface area contributed by atoms with Gasteiger partial charge in [-0.25, -0.2) is 9.59 Å². The number of quaternary nitrogens is 1. The molecule has 0 radical (unpaired) electrons. The molecule has 0 aliphatic rings. The number of ether oxygens (including phenoxy) is 3. The van der Waals surface area contributed by atoms with Gasteiger partial charge in [-0.15, -0.1) is 0 Å². The first kappa shape index (κ1) is 19.3. The molecule has 0 heterocycles. The van der Waals surface area contributed by atoms with E-state index in [1.54, 1.807) is 0 Å². The van der Waals surface area contributed by atoms with Crippen molar-refractivity contribution in [2.45, 2.75) is 19.4 Å². The van der Waals surface area contributed by atoms with E-state index in [-0.39, 0.29) is 13.0 Å². The second-order valence-electron chi connectivity index (χ2n) is 5.43. The number of likely N-dealkylation sites (N-methyl/N-ethyl adjacent to an activating group) is 1. The van der Waals surface area contributed by atoms with Gasteiger partial charge in [0.25, 0.3) is 0 Å². The smallest absolute Gasteiger partial charge is 0.344 e. The Morgan fingerprint density at radius 1 is 1.10 bits per heavy atom. The van der Waals surface area contributed by atoms with Crippen LogP contribution in [0.2, 0.25) is 0 Å². The molecule has 21 heavy (non-hydrogen) atoms. The predicted molar refractivity (Wildman–Crippen MR) is 69.9 cm³/mol. The third-order valence-corrected chi connectivity index (χ3v) is 2.38. The molecule has 0 rings (SSSR count). The van der Waals surface area contributed by atoms with Crippen molar-refractivity contribution in [1.82, 2.24) is 0 Å². The first-order valence-corrected chi connectivity index (χ1v) is 6.60. The summed E-state index contributed by atoms with van der Waals surface area (Å²) in [5, 5.41) is 10.5. The first-order valence-electron chi connectivity index (χ1n) is 6.60. The van der Waals surface area contributed by atoms with Crippen molar-refractivity contribution < 1.29 is 38.2 Å². The third-order valence-electron chi connectivity index (χ3n) is 2.38. The summed E-state index contributed by atoms with van der Waals surface area (Å²) >= 11 is 0. The van der Waals surface area contributed by atoms with Crippen molar-refractivity contribution in [3.05, 3.63) is 0 Å². The van der Waals surface area contributed by atoms with Gasteiger partial charge in [0.1, 0.15) is 19.3 Å². The van der Waals surface area contributed by atoms with E-state index in [0.717, 1.165) is 6.54 Å². The molecule has 0 aromatic carbocycles. The van der Waals surface area contributed by atoms with Gasteiger partial charge >= 0.3 is 11.9 Å². The maximum absolute atomic E-state index is 11.3. The maximum Gasteiger partial charge on any atom is 0.344 e. The lowest BCUT2D eigenvalue weighted by molar-refractivity contribution is -0.870. The molecule has 0 aliphatic carbocycles. The van der Waals surface area contributed by atoms with Crippen molar-refractivity contribution in [2.24, 2.45) is 0 Å². The van der Waals surface area contributed by atoms with Crippen molar-refractivity contribution in [2.75, 3.05) is 47.5 Å². The lowest BCUT2D eigenvalue weighted by Gasteiger charge is -2.23. The number of hydrogen-bond donors (Lipinski definition) is 0. The van der Waals surface area contributed by atoms with Gasteiger partial charge in [-0.2, -0.15) is 0 Å².